The molecule has 0 fully saturated rings. The molecule has 3 rings (SSSR count). The Morgan fingerprint density at radius 1 is 1.15 bits per heavy atom. The summed E-state index contributed by atoms with van der Waals surface area (Å²) in [4.78, 5) is 13.9. The van der Waals surface area contributed by atoms with Crippen LogP contribution in [-0.2, 0) is 0 Å². The lowest BCUT2D eigenvalue weighted by atomic mass is 10.0. The van der Waals surface area contributed by atoms with Gasteiger partial charge in [0, 0.05) is 17.7 Å². The summed E-state index contributed by atoms with van der Waals surface area (Å²) >= 11 is 0. The molecule has 3 aromatic rings. The molecule has 6 nitrogen and oxygen atoms in total. The lowest BCUT2D eigenvalue weighted by molar-refractivity contribution is -0.385. The van der Waals surface area contributed by atoms with E-state index in [4.69, 9.17) is 4.74 Å². The molecule has 0 bridgehead atoms. The Balaban J connectivity index is 1.77. The number of nitro groups is 1. The fourth-order valence-electron chi connectivity index (χ4n) is 2.31. The number of allylic oxidation sites excluding steroid dienone is 1. The van der Waals surface area contributed by atoms with E-state index in [0.717, 1.165) is 6.20 Å². The van der Waals surface area contributed by atoms with Gasteiger partial charge in [-0.2, -0.15) is 5.26 Å². The predicted octanol–water partition coefficient (Wildman–Crippen LogP) is 4.99. The number of benzene rings is 2. The number of pyridine rings is 1. The molecule has 0 saturated heterocycles. The van der Waals surface area contributed by atoms with Gasteiger partial charge in [0.2, 0.25) is 5.88 Å². The third-order valence-corrected chi connectivity index (χ3v) is 3.63. The van der Waals surface area contributed by atoms with Crippen molar-refractivity contribution in [3.05, 3.63) is 93.9 Å². The second kappa shape index (κ2) is 7.89. The number of nitriles is 1. The van der Waals surface area contributed by atoms with Crippen molar-refractivity contribution >= 4 is 17.3 Å². The summed E-state index contributed by atoms with van der Waals surface area (Å²) in [6, 6.07) is 17.5. The summed E-state index contributed by atoms with van der Waals surface area (Å²) in [7, 11) is 0. The highest BCUT2D eigenvalue weighted by molar-refractivity contribution is 5.89. The summed E-state index contributed by atoms with van der Waals surface area (Å²) in [6.07, 6.45) is 2.69. The molecule has 0 atom stereocenters. The molecule has 27 heavy (non-hydrogen) atoms. The zero-order valence-corrected chi connectivity index (χ0v) is 13.9. The molecular weight excluding hydrogens is 349 g/mol. The van der Waals surface area contributed by atoms with Crippen LogP contribution < -0.4 is 4.74 Å². The first kappa shape index (κ1) is 17.8. The van der Waals surface area contributed by atoms with Gasteiger partial charge in [-0.1, -0.05) is 30.3 Å². The maximum Gasteiger partial charge on any atom is 0.287 e. The SMILES string of the molecule is N#C/C(=C/c1ccc(Oc2ccc([N+](=O)[O-])cn2)cc1)c1ccccc1F. The first-order chi connectivity index (χ1) is 13.1. The van der Waals surface area contributed by atoms with E-state index in [2.05, 4.69) is 4.98 Å². The average molecular weight is 361 g/mol. The van der Waals surface area contributed by atoms with Crippen molar-refractivity contribution in [2.75, 3.05) is 0 Å². The van der Waals surface area contributed by atoms with Gasteiger partial charge in [-0.25, -0.2) is 9.37 Å². The molecule has 132 valence electrons. The normalized spacial score (nSPS) is 10.9. The van der Waals surface area contributed by atoms with Crippen LogP contribution in [0.25, 0.3) is 11.6 Å². The number of halogens is 1. The van der Waals surface area contributed by atoms with Crippen LogP contribution in [0.5, 0.6) is 11.6 Å². The van der Waals surface area contributed by atoms with Gasteiger partial charge < -0.3 is 4.74 Å². The van der Waals surface area contributed by atoms with Crippen LogP contribution in [0.15, 0.2) is 66.9 Å². The summed E-state index contributed by atoms with van der Waals surface area (Å²) in [5.74, 6) is 0.223. The van der Waals surface area contributed by atoms with Crippen molar-refractivity contribution in [3.8, 4) is 17.7 Å². The minimum Gasteiger partial charge on any atom is -0.439 e. The van der Waals surface area contributed by atoms with Crippen molar-refractivity contribution in [1.29, 1.82) is 5.26 Å². The monoisotopic (exact) mass is 361 g/mol. The second-order valence-electron chi connectivity index (χ2n) is 5.43. The minimum atomic E-state index is -0.541. The molecule has 0 aliphatic carbocycles. The van der Waals surface area contributed by atoms with Crippen LogP contribution in [0.1, 0.15) is 11.1 Å². The minimum absolute atomic E-state index is 0.125. The number of hydrogen-bond donors (Lipinski definition) is 0. The highest BCUT2D eigenvalue weighted by Gasteiger charge is 2.08. The zero-order chi connectivity index (χ0) is 19.2. The van der Waals surface area contributed by atoms with Crippen LogP contribution >= 0.6 is 0 Å². The van der Waals surface area contributed by atoms with Crippen LogP contribution in [-0.4, -0.2) is 9.91 Å². The second-order valence-corrected chi connectivity index (χ2v) is 5.43. The van der Waals surface area contributed by atoms with Gasteiger partial charge in [-0.05, 0) is 29.8 Å². The van der Waals surface area contributed by atoms with E-state index in [1.165, 1.54) is 18.2 Å². The third kappa shape index (κ3) is 4.32. The third-order valence-electron chi connectivity index (χ3n) is 3.63. The Labute approximate surface area is 153 Å². The van der Waals surface area contributed by atoms with Gasteiger partial charge in [0.05, 0.1) is 16.6 Å². The molecule has 1 heterocycles. The first-order valence-electron chi connectivity index (χ1n) is 7.82. The number of rotatable bonds is 5. The van der Waals surface area contributed by atoms with Crippen molar-refractivity contribution < 1.29 is 14.1 Å². The maximum atomic E-state index is 13.9. The van der Waals surface area contributed by atoms with Crippen molar-refractivity contribution in [1.82, 2.24) is 4.98 Å². The first-order valence-corrected chi connectivity index (χ1v) is 7.82. The van der Waals surface area contributed by atoms with Crippen molar-refractivity contribution in [3.63, 3.8) is 0 Å². The van der Waals surface area contributed by atoms with E-state index in [-0.39, 0.29) is 22.7 Å². The smallest absolute Gasteiger partial charge is 0.287 e. The van der Waals surface area contributed by atoms with E-state index in [1.54, 1.807) is 48.5 Å². The molecule has 1 aromatic heterocycles. The molecule has 0 aliphatic rings. The van der Waals surface area contributed by atoms with E-state index < -0.39 is 10.7 Å². The summed E-state index contributed by atoms with van der Waals surface area (Å²) < 4.78 is 19.4. The Morgan fingerprint density at radius 3 is 2.48 bits per heavy atom. The molecular formula is C20H12FN3O3. The van der Waals surface area contributed by atoms with Crippen molar-refractivity contribution in [2.45, 2.75) is 0 Å². The topological polar surface area (TPSA) is 89.0 Å². The predicted molar refractivity (Wildman–Crippen MR) is 97.3 cm³/mol. The van der Waals surface area contributed by atoms with Gasteiger partial charge >= 0.3 is 0 Å². The molecule has 0 amide bonds. The largest absolute Gasteiger partial charge is 0.439 e. The molecule has 0 N–H and O–H groups in total. The van der Waals surface area contributed by atoms with E-state index >= 15 is 0 Å². The Bertz CT molecular complexity index is 1040. The quantitative estimate of drug-likeness (QED) is 0.276. The van der Waals surface area contributed by atoms with Gasteiger partial charge in [-0.15, -0.1) is 0 Å². The fraction of sp³-hybridized carbons (Fsp3) is 0. The molecule has 0 aliphatic heterocycles. The number of ether oxygens (including phenoxy) is 1. The Kier molecular flexibility index (Phi) is 5.19. The summed E-state index contributed by atoms with van der Waals surface area (Å²) in [5, 5.41) is 19.9. The lowest BCUT2D eigenvalue weighted by Crippen LogP contribution is -1.91. The van der Waals surface area contributed by atoms with E-state index in [1.807, 2.05) is 6.07 Å². The number of hydrogen-bond acceptors (Lipinski definition) is 5. The molecule has 0 radical (unpaired) electrons. The highest BCUT2D eigenvalue weighted by atomic mass is 19.1. The van der Waals surface area contributed by atoms with E-state index in [9.17, 15) is 19.8 Å². The molecule has 0 unspecified atom stereocenters. The molecule has 7 heteroatoms. The van der Waals surface area contributed by atoms with Crippen LogP contribution in [0.3, 0.4) is 0 Å². The zero-order valence-electron chi connectivity index (χ0n) is 13.9. The van der Waals surface area contributed by atoms with Crippen LogP contribution in [0.4, 0.5) is 10.1 Å². The fourth-order valence-corrected chi connectivity index (χ4v) is 2.31. The van der Waals surface area contributed by atoms with Gasteiger partial charge in [0.25, 0.3) is 5.69 Å². The molecule has 2 aromatic carbocycles. The Hall–Kier alpha value is -4.05. The summed E-state index contributed by atoms with van der Waals surface area (Å²) in [6.45, 7) is 0. The Morgan fingerprint density at radius 2 is 1.89 bits per heavy atom. The molecule has 0 saturated carbocycles. The van der Waals surface area contributed by atoms with E-state index in [0.29, 0.717) is 11.3 Å². The standard InChI is InChI=1S/C20H12FN3O3/c21-19-4-2-1-3-18(19)15(12-22)11-14-5-8-17(9-6-14)27-20-10-7-16(13-23-20)24(25)26/h1-11,13H/b15-11-. The lowest BCUT2D eigenvalue weighted by Gasteiger charge is -2.05. The van der Waals surface area contributed by atoms with Crippen molar-refractivity contribution in [2.24, 2.45) is 0 Å². The van der Waals surface area contributed by atoms with Gasteiger partial charge in [-0.3, -0.25) is 10.1 Å². The van der Waals surface area contributed by atoms with Gasteiger partial charge in [0.15, 0.2) is 0 Å². The van der Waals surface area contributed by atoms with Crippen LogP contribution in [0, 0.1) is 27.3 Å². The highest BCUT2D eigenvalue weighted by Crippen LogP contribution is 2.24. The number of nitrogens with zero attached hydrogens (tertiary/aromatic N) is 3. The molecule has 0 spiro atoms. The number of aromatic nitrogens is 1. The average Bonchev–Trinajstić information content (AvgIpc) is 2.68. The van der Waals surface area contributed by atoms with Crippen LogP contribution in [0.2, 0.25) is 0 Å². The maximum absolute atomic E-state index is 13.9. The summed E-state index contributed by atoms with van der Waals surface area (Å²) in [5.41, 5.74) is 1.01. The van der Waals surface area contributed by atoms with Gasteiger partial charge in [0.1, 0.15) is 17.8 Å².